The molecule has 0 saturated carbocycles. The first kappa shape index (κ1) is 16.8. The van der Waals surface area contributed by atoms with Crippen molar-refractivity contribution in [2.45, 2.75) is 18.3 Å². The largest absolute Gasteiger partial charge is 0.494 e. The van der Waals surface area contributed by atoms with Gasteiger partial charge in [-0.1, -0.05) is 34.1 Å². The Bertz CT molecular complexity index is 1290. The number of fused-ring (bicyclic) bond motifs is 6. The Hall–Kier alpha value is -3.12. The van der Waals surface area contributed by atoms with Crippen molar-refractivity contribution in [1.82, 2.24) is 14.5 Å². The van der Waals surface area contributed by atoms with E-state index in [-0.39, 0.29) is 23.6 Å². The third kappa shape index (κ3) is 2.39. The van der Waals surface area contributed by atoms with Crippen LogP contribution in [0.5, 0.6) is 11.8 Å². The van der Waals surface area contributed by atoms with Crippen LogP contribution < -0.4 is 0 Å². The number of nitrogens with zero attached hydrogens (tertiary/aromatic N) is 3. The molecular formula is C23H16BrN3O2. The summed E-state index contributed by atoms with van der Waals surface area (Å²) in [6.45, 7) is 0. The second-order valence-electron chi connectivity index (χ2n) is 7.59. The van der Waals surface area contributed by atoms with Gasteiger partial charge in [-0.05, 0) is 42.8 Å². The summed E-state index contributed by atoms with van der Waals surface area (Å²) in [5, 5.41) is 22.5. The van der Waals surface area contributed by atoms with Crippen molar-refractivity contribution < 1.29 is 10.2 Å². The molecule has 0 aliphatic heterocycles. The zero-order valence-corrected chi connectivity index (χ0v) is 16.8. The zero-order chi connectivity index (χ0) is 19.7. The average molecular weight is 446 g/mol. The first-order valence-electron chi connectivity index (χ1n) is 9.48. The molecule has 29 heavy (non-hydrogen) atoms. The Morgan fingerprint density at radius 1 is 0.931 bits per heavy atom. The molecular weight excluding hydrogens is 430 g/mol. The molecule has 4 aromatic rings. The zero-order valence-electron chi connectivity index (χ0n) is 15.2. The fraction of sp³-hybridized carbons (Fsp3) is 0.130. The van der Waals surface area contributed by atoms with Gasteiger partial charge < -0.3 is 10.2 Å². The summed E-state index contributed by atoms with van der Waals surface area (Å²) in [4.78, 5) is 9.13. The highest BCUT2D eigenvalue weighted by atomic mass is 79.9. The number of aromatic nitrogens is 3. The van der Waals surface area contributed by atoms with E-state index < -0.39 is 0 Å². The molecule has 1 unspecified atom stereocenters. The van der Waals surface area contributed by atoms with Gasteiger partial charge in [0.1, 0.15) is 0 Å². The van der Waals surface area contributed by atoms with Crippen molar-refractivity contribution in [1.29, 1.82) is 0 Å². The molecule has 2 aromatic carbocycles. The van der Waals surface area contributed by atoms with Gasteiger partial charge in [-0.15, -0.1) is 0 Å². The predicted octanol–water partition coefficient (Wildman–Crippen LogP) is 5.40. The maximum Gasteiger partial charge on any atom is 0.202 e. The summed E-state index contributed by atoms with van der Waals surface area (Å²) in [6.07, 6.45) is 7.00. The number of rotatable bonds is 2. The highest BCUT2D eigenvalue weighted by molar-refractivity contribution is 9.10. The summed E-state index contributed by atoms with van der Waals surface area (Å²) >= 11 is 3.48. The van der Waals surface area contributed by atoms with Gasteiger partial charge in [0.25, 0.3) is 0 Å². The monoisotopic (exact) mass is 445 g/mol. The first-order valence-corrected chi connectivity index (χ1v) is 10.3. The van der Waals surface area contributed by atoms with E-state index >= 15 is 0 Å². The topological polar surface area (TPSA) is 71.2 Å². The van der Waals surface area contributed by atoms with Crippen molar-refractivity contribution in [3.63, 3.8) is 0 Å². The van der Waals surface area contributed by atoms with Crippen molar-refractivity contribution in [2.24, 2.45) is 0 Å². The summed E-state index contributed by atoms with van der Waals surface area (Å²) in [7, 11) is 0. The van der Waals surface area contributed by atoms with E-state index in [1.165, 1.54) is 4.57 Å². The lowest BCUT2D eigenvalue weighted by Gasteiger charge is -2.10. The lowest BCUT2D eigenvalue weighted by molar-refractivity contribution is 0.395. The van der Waals surface area contributed by atoms with Crippen molar-refractivity contribution in [3.8, 4) is 28.8 Å². The first-order chi connectivity index (χ1) is 14.1. The van der Waals surface area contributed by atoms with Crippen LogP contribution in [0.4, 0.5) is 0 Å². The maximum atomic E-state index is 10.8. The van der Waals surface area contributed by atoms with E-state index in [9.17, 15) is 10.2 Å². The molecule has 0 spiro atoms. The molecule has 2 aliphatic carbocycles. The molecule has 0 fully saturated rings. The number of hydrogen-bond donors (Lipinski definition) is 2. The second-order valence-corrected chi connectivity index (χ2v) is 8.50. The number of allylic oxidation sites excluding steroid dienone is 2. The quantitative estimate of drug-likeness (QED) is 0.405. The van der Waals surface area contributed by atoms with E-state index in [2.05, 4.69) is 38.0 Å². The molecule has 2 heterocycles. The summed E-state index contributed by atoms with van der Waals surface area (Å²) in [5.74, 6) is 1.30. The van der Waals surface area contributed by atoms with Crippen LogP contribution in [0, 0.1) is 0 Å². The molecule has 142 valence electrons. The van der Waals surface area contributed by atoms with Crippen LogP contribution in [-0.2, 0) is 0 Å². The van der Waals surface area contributed by atoms with Gasteiger partial charge in [0.2, 0.25) is 11.8 Å². The normalized spacial score (nSPS) is 19.2. The molecule has 6 rings (SSSR count). The van der Waals surface area contributed by atoms with Crippen LogP contribution in [0.25, 0.3) is 28.0 Å². The van der Waals surface area contributed by atoms with Crippen molar-refractivity contribution in [3.05, 3.63) is 76.4 Å². The third-order valence-electron chi connectivity index (χ3n) is 5.95. The Morgan fingerprint density at radius 2 is 1.62 bits per heavy atom. The fourth-order valence-electron chi connectivity index (χ4n) is 4.58. The van der Waals surface area contributed by atoms with Crippen LogP contribution in [0.1, 0.15) is 29.4 Å². The highest BCUT2D eigenvalue weighted by Gasteiger charge is 2.41. The average Bonchev–Trinajstić information content (AvgIpc) is 3.41. The van der Waals surface area contributed by atoms with Crippen LogP contribution in [0.2, 0.25) is 0 Å². The summed E-state index contributed by atoms with van der Waals surface area (Å²) in [6, 6.07) is 13.5. The van der Waals surface area contributed by atoms with E-state index in [0.29, 0.717) is 11.5 Å². The SMILES string of the molecule is Oc1c2c(c(O)n1-c1ccc(-c3ncc4ccc(Br)cc4n3)cc1)[C@H]1C=CC2C1. The summed E-state index contributed by atoms with van der Waals surface area (Å²) < 4.78 is 2.50. The Kier molecular flexibility index (Phi) is 3.44. The minimum atomic E-state index is 0.133. The lowest BCUT2D eigenvalue weighted by Crippen LogP contribution is -1.96. The highest BCUT2D eigenvalue weighted by Crippen LogP contribution is 2.57. The Balaban J connectivity index is 1.40. The van der Waals surface area contributed by atoms with Crippen LogP contribution in [0.3, 0.4) is 0 Å². The second kappa shape index (κ2) is 5.94. The third-order valence-corrected chi connectivity index (χ3v) is 6.44. The van der Waals surface area contributed by atoms with Gasteiger partial charge in [0, 0.05) is 44.6 Å². The molecule has 0 saturated heterocycles. The Morgan fingerprint density at radius 3 is 2.31 bits per heavy atom. The molecule has 2 aromatic heterocycles. The van der Waals surface area contributed by atoms with Gasteiger partial charge in [0.15, 0.2) is 5.82 Å². The summed E-state index contributed by atoms with van der Waals surface area (Å²) in [5.41, 5.74) is 4.18. The maximum absolute atomic E-state index is 10.8. The minimum Gasteiger partial charge on any atom is -0.494 e. The van der Waals surface area contributed by atoms with Gasteiger partial charge in [-0.25, -0.2) is 9.97 Å². The number of hydrogen-bond acceptors (Lipinski definition) is 4. The minimum absolute atomic E-state index is 0.133. The van der Waals surface area contributed by atoms with Crippen molar-refractivity contribution in [2.75, 3.05) is 0 Å². The van der Waals surface area contributed by atoms with E-state index in [4.69, 9.17) is 0 Å². The van der Waals surface area contributed by atoms with Crippen LogP contribution in [-0.4, -0.2) is 24.7 Å². The number of halogens is 1. The molecule has 2 N–H and O–H groups in total. The predicted molar refractivity (Wildman–Crippen MR) is 115 cm³/mol. The lowest BCUT2D eigenvalue weighted by atomic mass is 10.0. The molecule has 2 atom stereocenters. The molecule has 0 radical (unpaired) electrons. The van der Waals surface area contributed by atoms with E-state index in [1.807, 2.05) is 48.7 Å². The molecule has 0 amide bonds. The number of benzene rings is 2. The van der Waals surface area contributed by atoms with Gasteiger partial charge >= 0.3 is 0 Å². The number of aromatic hydroxyl groups is 2. The van der Waals surface area contributed by atoms with Gasteiger partial charge in [-0.3, -0.25) is 4.57 Å². The van der Waals surface area contributed by atoms with Crippen molar-refractivity contribution >= 4 is 26.8 Å². The van der Waals surface area contributed by atoms with E-state index in [1.54, 1.807) is 0 Å². The molecule has 6 heteroatoms. The van der Waals surface area contributed by atoms with Gasteiger partial charge in [-0.2, -0.15) is 0 Å². The van der Waals surface area contributed by atoms with Crippen LogP contribution in [0.15, 0.2) is 65.3 Å². The molecule has 5 nitrogen and oxygen atoms in total. The van der Waals surface area contributed by atoms with Gasteiger partial charge in [0.05, 0.1) is 11.2 Å². The standard InChI is InChI=1S/C23H16BrN3O2/c24-16-6-3-15-11-25-21(26-18(15)10-16)12-4-7-17(8-5-12)27-22(28)19-13-1-2-14(9-13)20(19)23(27)29/h1-8,10-11,13-14,28-29H,9H2/t13-,14?/m0/s1. The molecule has 2 aliphatic rings. The van der Waals surface area contributed by atoms with E-state index in [0.717, 1.165) is 38.5 Å². The smallest absolute Gasteiger partial charge is 0.202 e. The molecule has 2 bridgehead atoms. The Labute approximate surface area is 175 Å². The fourth-order valence-corrected chi connectivity index (χ4v) is 4.93. The van der Waals surface area contributed by atoms with Crippen LogP contribution >= 0.6 is 15.9 Å².